The molecule has 2 rings (SSSR count). The van der Waals surface area contributed by atoms with Gasteiger partial charge in [-0.05, 0) is 36.7 Å². The first-order chi connectivity index (χ1) is 9.91. The van der Waals surface area contributed by atoms with Crippen LogP contribution in [-0.2, 0) is 19.1 Å². The van der Waals surface area contributed by atoms with Gasteiger partial charge in [-0.15, -0.1) is 0 Å². The predicted octanol–water partition coefficient (Wildman–Crippen LogP) is 3.44. The molecule has 1 aromatic carbocycles. The van der Waals surface area contributed by atoms with E-state index in [1.54, 1.807) is 24.1 Å². The number of furan rings is 1. The van der Waals surface area contributed by atoms with Crippen molar-refractivity contribution in [1.82, 2.24) is 0 Å². The van der Waals surface area contributed by atoms with Crippen molar-refractivity contribution < 1.29 is 17.6 Å². The molecule has 0 aliphatic carbocycles. The molecule has 2 aromatic rings. The van der Waals surface area contributed by atoms with Crippen LogP contribution < -0.4 is 10.6 Å². The second-order valence-electron chi connectivity index (χ2n) is 4.88. The van der Waals surface area contributed by atoms with E-state index in [0.29, 0.717) is 25.1 Å². The Bertz CT molecular complexity index is 579. The van der Waals surface area contributed by atoms with Crippen LogP contribution in [0.3, 0.4) is 0 Å². The standard InChI is InChI=1S/C15H17F3N2O/c1-20(9-12-5-7-21-10-12)14-3-2-11(4-6-19)8-13(14)15(16,17)18/h2-3,5,7-8,10H,4,6,9,19H2,1H3. The third kappa shape index (κ3) is 3.78. The Labute approximate surface area is 121 Å². The number of alkyl halides is 3. The molecule has 0 fully saturated rings. The first kappa shape index (κ1) is 15.4. The van der Waals surface area contributed by atoms with E-state index < -0.39 is 11.7 Å². The monoisotopic (exact) mass is 298 g/mol. The van der Waals surface area contributed by atoms with E-state index in [2.05, 4.69) is 0 Å². The van der Waals surface area contributed by atoms with E-state index in [9.17, 15) is 13.2 Å². The normalized spacial score (nSPS) is 11.7. The fourth-order valence-corrected chi connectivity index (χ4v) is 2.21. The molecule has 0 unspecified atom stereocenters. The zero-order valence-corrected chi connectivity index (χ0v) is 11.7. The van der Waals surface area contributed by atoms with Crippen molar-refractivity contribution >= 4 is 5.69 Å². The molecule has 3 nitrogen and oxygen atoms in total. The summed E-state index contributed by atoms with van der Waals surface area (Å²) < 4.78 is 44.6. The maximum absolute atomic E-state index is 13.2. The van der Waals surface area contributed by atoms with Gasteiger partial charge in [0, 0.05) is 24.8 Å². The summed E-state index contributed by atoms with van der Waals surface area (Å²) in [7, 11) is 1.63. The van der Waals surface area contributed by atoms with Crippen LogP contribution in [0.2, 0.25) is 0 Å². The van der Waals surface area contributed by atoms with Gasteiger partial charge in [0.1, 0.15) is 0 Å². The highest BCUT2D eigenvalue weighted by Crippen LogP contribution is 2.37. The second-order valence-corrected chi connectivity index (χ2v) is 4.88. The van der Waals surface area contributed by atoms with Crippen molar-refractivity contribution in [3.05, 3.63) is 53.5 Å². The van der Waals surface area contributed by atoms with Crippen LogP contribution in [0.25, 0.3) is 0 Å². The van der Waals surface area contributed by atoms with Gasteiger partial charge < -0.3 is 15.1 Å². The lowest BCUT2D eigenvalue weighted by atomic mass is 10.0. The van der Waals surface area contributed by atoms with Gasteiger partial charge in [-0.2, -0.15) is 13.2 Å². The highest BCUT2D eigenvalue weighted by atomic mass is 19.4. The van der Waals surface area contributed by atoms with E-state index in [0.717, 1.165) is 5.56 Å². The van der Waals surface area contributed by atoms with Crippen LogP contribution in [0.15, 0.2) is 41.2 Å². The van der Waals surface area contributed by atoms with Crippen molar-refractivity contribution in [3.63, 3.8) is 0 Å². The van der Waals surface area contributed by atoms with Gasteiger partial charge in [-0.1, -0.05) is 6.07 Å². The Hall–Kier alpha value is -1.95. The molecular weight excluding hydrogens is 281 g/mol. The number of halogens is 3. The lowest BCUT2D eigenvalue weighted by Gasteiger charge is -2.23. The van der Waals surface area contributed by atoms with Gasteiger partial charge in [0.15, 0.2) is 0 Å². The van der Waals surface area contributed by atoms with E-state index in [-0.39, 0.29) is 5.69 Å². The Kier molecular flexibility index (Phi) is 4.57. The van der Waals surface area contributed by atoms with Crippen LogP contribution >= 0.6 is 0 Å². The number of hydrogen-bond acceptors (Lipinski definition) is 3. The molecule has 0 radical (unpaired) electrons. The van der Waals surface area contributed by atoms with Crippen LogP contribution in [0.4, 0.5) is 18.9 Å². The molecule has 0 saturated carbocycles. The van der Waals surface area contributed by atoms with Crippen molar-refractivity contribution in [2.75, 3.05) is 18.5 Å². The number of rotatable bonds is 5. The summed E-state index contributed by atoms with van der Waals surface area (Å²) in [6.07, 6.45) is -0.954. The van der Waals surface area contributed by atoms with Gasteiger partial charge in [0.05, 0.1) is 18.1 Å². The summed E-state index contributed by atoms with van der Waals surface area (Å²) in [6.45, 7) is 0.664. The van der Waals surface area contributed by atoms with Gasteiger partial charge in [0.2, 0.25) is 0 Å². The molecule has 0 aliphatic heterocycles. The third-order valence-electron chi connectivity index (χ3n) is 3.21. The van der Waals surface area contributed by atoms with Crippen LogP contribution in [0.1, 0.15) is 16.7 Å². The minimum atomic E-state index is -4.40. The molecule has 21 heavy (non-hydrogen) atoms. The van der Waals surface area contributed by atoms with Gasteiger partial charge in [-0.3, -0.25) is 0 Å². The smallest absolute Gasteiger partial charge is 0.418 e. The predicted molar refractivity (Wildman–Crippen MR) is 75.0 cm³/mol. The summed E-state index contributed by atoms with van der Waals surface area (Å²) in [5.74, 6) is 0. The van der Waals surface area contributed by atoms with E-state index >= 15 is 0 Å². The molecular formula is C15H17F3N2O. The number of benzene rings is 1. The molecule has 0 amide bonds. The summed E-state index contributed by atoms with van der Waals surface area (Å²) in [5, 5.41) is 0. The topological polar surface area (TPSA) is 42.4 Å². The lowest BCUT2D eigenvalue weighted by Crippen LogP contribution is -2.21. The molecule has 1 aromatic heterocycles. The maximum atomic E-state index is 13.2. The summed E-state index contributed by atoms with van der Waals surface area (Å²) >= 11 is 0. The number of anilines is 1. The van der Waals surface area contributed by atoms with Crippen LogP contribution in [-0.4, -0.2) is 13.6 Å². The number of nitrogens with two attached hydrogens (primary N) is 1. The fourth-order valence-electron chi connectivity index (χ4n) is 2.21. The Morgan fingerprint density at radius 2 is 1.95 bits per heavy atom. The molecule has 0 bridgehead atoms. The van der Waals surface area contributed by atoms with Gasteiger partial charge >= 0.3 is 6.18 Å². The maximum Gasteiger partial charge on any atom is 0.418 e. The Balaban J connectivity index is 2.33. The summed E-state index contributed by atoms with van der Waals surface area (Å²) in [4.78, 5) is 1.56. The molecule has 6 heteroatoms. The highest BCUT2D eigenvalue weighted by molar-refractivity contribution is 5.56. The molecule has 0 aliphatic rings. The number of nitrogens with zero attached hydrogens (tertiary/aromatic N) is 1. The zero-order chi connectivity index (χ0) is 15.5. The largest absolute Gasteiger partial charge is 0.472 e. The average Bonchev–Trinajstić information content (AvgIpc) is 2.91. The minimum absolute atomic E-state index is 0.143. The molecule has 0 spiro atoms. The molecule has 2 N–H and O–H groups in total. The first-order valence-corrected chi connectivity index (χ1v) is 6.54. The van der Waals surface area contributed by atoms with Crippen molar-refractivity contribution in [2.45, 2.75) is 19.1 Å². The SMILES string of the molecule is CN(Cc1ccoc1)c1ccc(CCN)cc1C(F)(F)F. The van der Waals surface area contributed by atoms with E-state index in [1.807, 2.05) is 0 Å². The summed E-state index contributed by atoms with van der Waals surface area (Å²) in [5.41, 5.74) is 6.31. The van der Waals surface area contributed by atoms with Gasteiger partial charge in [0.25, 0.3) is 0 Å². The number of hydrogen-bond donors (Lipinski definition) is 1. The first-order valence-electron chi connectivity index (χ1n) is 6.54. The van der Waals surface area contributed by atoms with Crippen molar-refractivity contribution in [2.24, 2.45) is 5.73 Å². The lowest BCUT2D eigenvalue weighted by molar-refractivity contribution is -0.137. The van der Waals surface area contributed by atoms with E-state index in [4.69, 9.17) is 10.2 Å². The molecule has 0 saturated heterocycles. The minimum Gasteiger partial charge on any atom is -0.472 e. The second kappa shape index (κ2) is 6.22. The molecule has 1 heterocycles. The van der Waals surface area contributed by atoms with Crippen LogP contribution in [0.5, 0.6) is 0 Å². The quantitative estimate of drug-likeness (QED) is 0.919. The van der Waals surface area contributed by atoms with Crippen LogP contribution in [0, 0.1) is 0 Å². The van der Waals surface area contributed by atoms with Crippen molar-refractivity contribution in [3.8, 4) is 0 Å². The Morgan fingerprint density at radius 3 is 2.52 bits per heavy atom. The van der Waals surface area contributed by atoms with Crippen molar-refractivity contribution in [1.29, 1.82) is 0 Å². The third-order valence-corrected chi connectivity index (χ3v) is 3.21. The van der Waals surface area contributed by atoms with Gasteiger partial charge in [-0.25, -0.2) is 0 Å². The average molecular weight is 298 g/mol. The highest BCUT2D eigenvalue weighted by Gasteiger charge is 2.34. The van der Waals surface area contributed by atoms with E-state index in [1.165, 1.54) is 24.7 Å². The molecule has 114 valence electrons. The zero-order valence-electron chi connectivity index (χ0n) is 11.7. The Morgan fingerprint density at radius 1 is 1.19 bits per heavy atom. The molecule has 0 atom stereocenters. The fraction of sp³-hybridized carbons (Fsp3) is 0.333. The summed E-state index contributed by atoms with van der Waals surface area (Å²) in [6, 6.07) is 6.08.